The summed E-state index contributed by atoms with van der Waals surface area (Å²) < 4.78 is 0. The smallest absolute Gasteiger partial charge is 0.0560 e. The Kier molecular flexibility index (Phi) is 12.9. The third-order valence-electron chi connectivity index (χ3n) is 12.8. The molecule has 308 valence electrons. The Bertz CT molecular complexity index is 2390. The van der Waals surface area contributed by atoms with Crippen LogP contribution >= 0.6 is 0 Å². The van der Waals surface area contributed by atoms with Crippen molar-refractivity contribution in [2.75, 3.05) is 0 Å². The van der Waals surface area contributed by atoms with Gasteiger partial charge in [0.25, 0.3) is 0 Å². The standard InChI is InChI=1S/2C32H26/c2*1-6-16-26(17-7-1)31(27-18-8-2-9-19-27)32(28-20-10-3-11-21-28,29-22-12-4-13-23-29)30-24-14-5-15-25-30/h2*1-25,31H. The van der Waals surface area contributed by atoms with Crippen molar-refractivity contribution in [3.8, 4) is 0 Å². The van der Waals surface area contributed by atoms with E-state index in [4.69, 9.17) is 0 Å². The average Bonchev–Trinajstić information content (AvgIpc) is 3.40. The maximum absolute atomic E-state index is 2.28. The van der Waals surface area contributed by atoms with Crippen molar-refractivity contribution in [2.45, 2.75) is 22.7 Å². The predicted molar refractivity (Wildman–Crippen MR) is 268 cm³/mol. The maximum Gasteiger partial charge on any atom is 0.0560 e. The van der Waals surface area contributed by atoms with Gasteiger partial charge in [0.1, 0.15) is 0 Å². The van der Waals surface area contributed by atoms with Crippen LogP contribution in [0.2, 0.25) is 0 Å². The molecule has 0 aliphatic heterocycles. The minimum Gasteiger partial charge on any atom is -0.0622 e. The summed E-state index contributed by atoms with van der Waals surface area (Å²) in [5, 5.41) is 0. The topological polar surface area (TPSA) is 0 Å². The van der Waals surface area contributed by atoms with Gasteiger partial charge in [-0.05, 0) is 55.6 Å². The minimum absolute atomic E-state index is 0.0945. The number of hydrogen-bond acceptors (Lipinski definition) is 0. The van der Waals surface area contributed by atoms with Gasteiger partial charge in [0.05, 0.1) is 10.8 Å². The third-order valence-corrected chi connectivity index (χ3v) is 12.8. The first-order valence-corrected chi connectivity index (χ1v) is 22.3. The van der Waals surface area contributed by atoms with Gasteiger partial charge in [-0.15, -0.1) is 0 Å². The van der Waals surface area contributed by atoms with E-state index < -0.39 is 10.8 Å². The Morgan fingerprint density at radius 2 is 0.281 bits per heavy atom. The van der Waals surface area contributed by atoms with Crippen molar-refractivity contribution in [1.82, 2.24) is 0 Å². The van der Waals surface area contributed by atoms with Gasteiger partial charge in [-0.1, -0.05) is 303 Å². The third kappa shape index (κ3) is 8.27. The highest BCUT2D eigenvalue weighted by Crippen LogP contribution is 2.54. The second-order valence-corrected chi connectivity index (χ2v) is 16.3. The Hall–Kier alpha value is -7.80. The SMILES string of the molecule is c1ccc(C(c2ccccc2)C(c2ccccc2)(c2ccccc2)c2ccccc2)cc1.c1ccc(C(c2ccccc2)C(c2ccccc2)(c2ccccc2)c2ccccc2)cc1. The normalized spacial score (nSPS) is 11.4. The monoisotopic (exact) mass is 820 g/mol. The van der Waals surface area contributed by atoms with E-state index >= 15 is 0 Å². The molecule has 10 aromatic carbocycles. The van der Waals surface area contributed by atoms with Crippen LogP contribution in [-0.4, -0.2) is 0 Å². The van der Waals surface area contributed by atoms with E-state index in [9.17, 15) is 0 Å². The van der Waals surface area contributed by atoms with Gasteiger partial charge >= 0.3 is 0 Å². The van der Waals surface area contributed by atoms with Crippen LogP contribution in [0.15, 0.2) is 303 Å². The van der Waals surface area contributed by atoms with Crippen molar-refractivity contribution in [1.29, 1.82) is 0 Å². The van der Waals surface area contributed by atoms with Crippen LogP contribution in [0.25, 0.3) is 0 Å². The van der Waals surface area contributed by atoms with Crippen LogP contribution in [0.4, 0.5) is 0 Å². The highest BCUT2D eigenvalue weighted by atomic mass is 14.5. The molecule has 0 atom stereocenters. The van der Waals surface area contributed by atoms with Gasteiger partial charge < -0.3 is 0 Å². The summed E-state index contributed by atoms with van der Waals surface area (Å²) in [6.07, 6.45) is 0. The zero-order chi connectivity index (χ0) is 43.3. The first kappa shape index (κ1) is 41.5. The van der Waals surface area contributed by atoms with Crippen LogP contribution in [0, 0.1) is 0 Å². The molecule has 0 radical (unpaired) electrons. The lowest BCUT2D eigenvalue weighted by Gasteiger charge is -2.43. The molecule has 10 rings (SSSR count). The fourth-order valence-electron chi connectivity index (χ4n) is 10.2. The van der Waals surface area contributed by atoms with Crippen LogP contribution in [-0.2, 0) is 10.8 Å². The first-order valence-electron chi connectivity index (χ1n) is 22.3. The second-order valence-electron chi connectivity index (χ2n) is 16.3. The molecule has 10 aromatic rings. The Morgan fingerprint density at radius 1 is 0.156 bits per heavy atom. The number of benzene rings is 10. The van der Waals surface area contributed by atoms with Gasteiger partial charge in [-0.2, -0.15) is 0 Å². The van der Waals surface area contributed by atoms with Crippen molar-refractivity contribution < 1.29 is 0 Å². The highest BCUT2D eigenvalue weighted by Gasteiger charge is 2.46. The fourth-order valence-corrected chi connectivity index (χ4v) is 10.2. The molecule has 0 unspecified atom stereocenters. The average molecular weight is 821 g/mol. The van der Waals surface area contributed by atoms with Gasteiger partial charge in [-0.25, -0.2) is 0 Å². The molecule has 0 amide bonds. The quantitative estimate of drug-likeness (QED) is 0.108. The largest absolute Gasteiger partial charge is 0.0622 e. The molecule has 0 N–H and O–H groups in total. The van der Waals surface area contributed by atoms with Gasteiger partial charge in [-0.3, -0.25) is 0 Å². The molecule has 0 nitrogen and oxygen atoms in total. The van der Waals surface area contributed by atoms with E-state index in [1.54, 1.807) is 0 Å². The van der Waals surface area contributed by atoms with Gasteiger partial charge in [0, 0.05) is 11.8 Å². The summed E-state index contributed by atoms with van der Waals surface area (Å²) in [6, 6.07) is 110. The summed E-state index contributed by atoms with van der Waals surface area (Å²) in [5.74, 6) is 0.189. The molecule has 0 aromatic heterocycles. The molecule has 0 spiro atoms. The predicted octanol–water partition coefficient (Wildman–Crippen LogP) is 15.7. The molecule has 0 aliphatic carbocycles. The fraction of sp³-hybridized carbons (Fsp3) is 0.0625. The van der Waals surface area contributed by atoms with E-state index in [-0.39, 0.29) is 11.8 Å². The van der Waals surface area contributed by atoms with E-state index in [1.807, 2.05) is 0 Å². The lowest BCUT2D eigenvalue weighted by molar-refractivity contribution is 0.537. The van der Waals surface area contributed by atoms with Crippen molar-refractivity contribution in [3.05, 3.63) is 359 Å². The van der Waals surface area contributed by atoms with E-state index in [0.29, 0.717) is 0 Å². The number of hydrogen-bond donors (Lipinski definition) is 0. The maximum atomic E-state index is 2.28. The van der Waals surface area contributed by atoms with E-state index in [1.165, 1.54) is 55.6 Å². The molecule has 0 saturated heterocycles. The molecule has 0 fully saturated rings. The van der Waals surface area contributed by atoms with Crippen molar-refractivity contribution in [3.63, 3.8) is 0 Å². The van der Waals surface area contributed by atoms with Crippen molar-refractivity contribution in [2.24, 2.45) is 0 Å². The van der Waals surface area contributed by atoms with Crippen molar-refractivity contribution >= 4 is 0 Å². The first-order chi connectivity index (χ1) is 31.8. The summed E-state index contributed by atoms with van der Waals surface area (Å²) in [5.41, 5.74) is 12.1. The molecule has 64 heavy (non-hydrogen) atoms. The van der Waals surface area contributed by atoms with Gasteiger partial charge in [0.15, 0.2) is 0 Å². The second kappa shape index (κ2) is 19.9. The zero-order valence-corrected chi connectivity index (χ0v) is 36.0. The van der Waals surface area contributed by atoms with Crippen LogP contribution in [0.5, 0.6) is 0 Å². The molecule has 0 heteroatoms. The van der Waals surface area contributed by atoms with Crippen LogP contribution in [0.3, 0.4) is 0 Å². The molecular formula is C64H52. The summed E-state index contributed by atoms with van der Waals surface area (Å²) >= 11 is 0. The molecule has 0 aliphatic rings. The summed E-state index contributed by atoms with van der Waals surface area (Å²) in [4.78, 5) is 0. The van der Waals surface area contributed by atoms with Crippen LogP contribution < -0.4 is 0 Å². The molecular weight excluding hydrogens is 769 g/mol. The Labute approximate surface area is 379 Å². The van der Waals surface area contributed by atoms with E-state index in [2.05, 4.69) is 303 Å². The van der Waals surface area contributed by atoms with Crippen LogP contribution in [0.1, 0.15) is 67.5 Å². The summed E-state index contributed by atoms with van der Waals surface area (Å²) in [6.45, 7) is 0. The van der Waals surface area contributed by atoms with E-state index in [0.717, 1.165) is 0 Å². The Balaban J connectivity index is 0.000000162. The lowest BCUT2D eigenvalue weighted by Crippen LogP contribution is -2.37. The van der Waals surface area contributed by atoms with Gasteiger partial charge in [0.2, 0.25) is 0 Å². The number of rotatable bonds is 12. The molecule has 0 heterocycles. The highest BCUT2D eigenvalue weighted by molar-refractivity contribution is 5.60. The molecule has 0 saturated carbocycles. The lowest BCUT2D eigenvalue weighted by atomic mass is 9.58. The Morgan fingerprint density at radius 3 is 0.422 bits per heavy atom. The minimum atomic E-state index is -0.396. The molecule has 0 bridgehead atoms. The zero-order valence-electron chi connectivity index (χ0n) is 36.0. The summed E-state index contributed by atoms with van der Waals surface area (Å²) in [7, 11) is 0.